The molecule has 0 saturated carbocycles. The van der Waals surface area contributed by atoms with E-state index in [2.05, 4.69) is 18.7 Å². The summed E-state index contributed by atoms with van der Waals surface area (Å²) < 4.78 is 26.0. The van der Waals surface area contributed by atoms with Crippen LogP contribution in [0.25, 0.3) is 0 Å². The highest BCUT2D eigenvalue weighted by Crippen LogP contribution is 2.18. The van der Waals surface area contributed by atoms with E-state index in [0.717, 1.165) is 0 Å². The number of nitrogens with zero attached hydrogens (tertiary/aromatic N) is 2. The van der Waals surface area contributed by atoms with Crippen molar-refractivity contribution in [2.24, 2.45) is 5.92 Å². The van der Waals surface area contributed by atoms with E-state index >= 15 is 0 Å². The third kappa shape index (κ3) is 3.81. The van der Waals surface area contributed by atoms with Gasteiger partial charge in [0.1, 0.15) is 0 Å². The number of hydrogen-bond acceptors (Lipinski definition) is 3. The molecular formula is C11H23ClN2O2S. The summed E-state index contributed by atoms with van der Waals surface area (Å²) in [5.74, 6) is 0.546. The Kier molecular flexibility index (Phi) is 5.25. The van der Waals surface area contributed by atoms with E-state index in [1.165, 1.54) is 0 Å². The van der Waals surface area contributed by atoms with Crippen molar-refractivity contribution in [1.29, 1.82) is 0 Å². The molecule has 0 aromatic rings. The molecule has 1 aliphatic rings. The van der Waals surface area contributed by atoms with Crippen molar-refractivity contribution in [2.75, 3.05) is 31.8 Å². The topological polar surface area (TPSA) is 40.6 Å². The van der Waals surface area contributed by atoms with Gasteiger partial charge in [-0.1, -0.05) is 6.92 Å². The van der Waals surface area contributed by atoms with E-state index in [-0.39, 0.29) is 23.8 Å². The number of rotatable bonds is 4. The van der Waals surface area contributed by atoms with Crippen LogP contribution in [0.2, 0.25) is 0 Å². The summed E-state index contributed by atoms with van der Waals surface area (Å²) in [4.78, 5) is 2.22. The molecule has 1 saturated heterocycles. The van der Waals surface area contributed by atoms with Crippen LogP contribution in [-0.2, 0) is 10.0 Å². The molecule has 4 nitrogen and oxygen atoms in total. The summed E-state index contributed by atoms with van der Waals surface area (Å²) in [6, 6.07) is 0.527. The van der Waals surface area contributed by atoms with Gasteiger partial charge in [0.2, 0.25) is 10.0 Å². The van der Waals surface area contributed by atoms with Gasteiger partial charge in [0, 0.05) is 31.1 Å². The second-order valence-electron chi connectivity index (χ2n) is 5.22. The van der Waals surface area contributed by atoms with Crippen molar-refractivity contribution < 1.29 is 8.42 Å². The van der Waals surface area contributed by atoms with Gasteiger partial charge in [-0.2, -0.15) is 4.31 Å². The molecule has 102 valence electrons. The quantitative estimate of drug-likeness (QED) is 0.728. The van der Waals surface area contributed by atoms with Gasteiger partial charge in [-0.3, -0.25) is 4.90 Å². The molecule has 3 atom stereocenters. The zero-order valence-electron chi connectivity index (χ0n) is 11.1. The van der Waals surface area contributed by atoms with Gasteiger partial charge in [-0.05, 0) is 26.8 Å². The lowest BCUT2D eigenvalue weighted by Crippen LogP contribution is -2.56. The fourth-order valence-corrected chi connectivity index (χ4v) is 4.26. The molecule has 0 aliphatic carbocycles. The van der Waals surface area contributed by atoms with Crippen LogP contribution in [0, 0.1) is 5.92 Å². The zero-order valence-corrected chi connectivity index (χ0v) is 12.6. The Morgan fingerprint density at radius 3 is 2.18 bits per heavy atom. The summed E-state index contributed by atoms with van der Waals surface area (Å²) in [6.45, 7) is 7.15. The highest BCUT2D eigenvalue weighted by Gasteiger charge is 2.33. The molecule has 1 heterocycles. The average molecular weight is 283 g/mol. The first kappa shape index (κ1) is 15.2. The largest absolute Gasteiger partial charge is 0.298 e. The lowest BCUT2D eigenvalue weighted by Gasteiger charge is -2.41. The summed E-state index contributed by atoms with van der Waals surface area (Å²) in [7, 11) is -1.12. The normalized spacial score (nSPS) is 30.4. The minimum absolute atomic E-state index is 0.00642. The number of likely N-dealkylation sites (N-methyl/N-ethyl adjacent to an activating group) is 1. The van der Waals surface area contributed by atoms with E-state index < -0.39 is 10.0 Å². The molecular weight excluding hydrogens is 260 g/mol. The van der Waals surface area contributed by atoms with E-state index in [1.54, 1.807) is 4.31 Å². The maximum Gasteiger partial charge on any atom is 0.214 e. The third-order valence-electron chi connectivity index (χ3n) is 3.48. The van der Waals surface area contributed by atoms with Crippen LogP contribution in [0.1, 0.15) is 20.8 Å². The van der Waals surface area contributed by atoms with Crippen molar-refractivity contribution in [3.05, 3.63) is 0 Å². The van der Waals surface area contributed by atoms with Gasteiger partial charge in [-0.25, -0.2) is 8.42 Å². The Bertz CT molecular complexity index is 335. The number of halogens is 1. The molecule has 0 aromatic carbocycles. The van der Waals surface area contributed by atoms with Crippen LogP contribution in [0.3, 0.4) is 0 Å². The van der Waals surface area contributed by atoms with Crippen molar-refractivity contribution in [3.8, 4) is 0 Å². The van der Waals surface area contributed by atoms with Crippen LogP contribution in [0.15, 0.2) is 0 Å². The third-order valence-corrected chi connectivity index (χ3v) is 6.08. The second kappa shape index (κ2) is 5.87. The molecule has 0 aromatic heterocycles. The van der Waals surface area contributed by atoms with Crippen LogP contribution in [0.5, 0.6) is 0 Å². The molecule has 0 radical (unpaired) electrons. The van der Waals surface area contributed by atoms with Crippen LogP contribution in [-0.4, -0.2) is 61.5 Å². The molecule has 1 aliphatic heterocycles. The Morgan fingerprint density at radius 2 is 1.76 bits per heavy atom. The van der Waals surface area contributed by atoms with Crippen molar-refractivity contribution >= 4 is 21.6 Å². The highest BCUT2D eigenvalue weighted by atomic mass is 35.5. The van der Waals surface area contributed by atoms with Gasteiger partial charge < -0.3 is 0 Å². The first-order valence-electron chi connectivity index (χ1n) is 6.03. The molecule has 0 amide bonds. The average Bonchev–Trinajstić information content (AvgIpc) is 2.24. The Labute approximate surface area is 110 Å². The number of sulfonamides is 1. The van der Waals surface area contributed by atoms with E-state index in [9.17, 15) is 8.42 Å². The molecule has 0 bridgehead atoms. The molecule has 1 rings (SSSR count). The van der Waals surface area contributed by atoms with Crippen molar-refractivity contribution in [1.82, 2.24) is 9.21 Å². The monoisotopic (exact) mass is 282 g/mol. The first-order chi connectivity index (χ1) is 7.77. The van der Waals surface area contributed by atoms with Crippen LogP contribution < -0.4 is 0 Å². The lowest BCUT2D eigenvalue weighted by atomic mass is 10.1. The van der Waals surface area contributed by atoms with Crippen LogP contribution >= 0.6 is 11.6 Å². The van der Waals surface area contributed by atoms with Gasteiger partial charge in [0.25, 0.3) is 0 Å². The van der Waals surface area contributed by atoms with E-state index in [0.29, 0.717) is 19.0 Å². The van der Waals surface area contributed by atoms with Crippen LogP contribution in [0.4, 0.5) is 0 Å². The molecule has 0 spiro atoms. The predicted octanol–water partition coefficient (Wildman–Crippen LogP) is 1.22. The Morgan fingerprint density at radius 1 is 1.29 bits per heavy atom. The zero-order chi connectivity index (χ0) is 13.2. The summed E-state index contributed by atoms with van der Waals surface area (Å²) >= 11 is 5.69. The standard InChI is InChI=1S/C11H23ClN2O2S/c1-9(5-12)8-17(15,16)14-6-10(2)13(4)11(3)7-14/h9-11H,5-8H2,1-4H3. The molecule has 6 heteroatoms. The fourth-order valence-electron chi connectivity index (χ4n) is 2.09. The summed E-state index contributed by atoms with van der Waals surface area (Å²) in [6.07, 6.45) is 0. The minimum Gasteiger partial charge on any atom is -0.298 e. The van der Waals surface area contributed by atoms with Gasteiger partial charge >= 0.3 is 0 Å². The Hall–Kier alpha value is 0.160. The smallest absolute Gasteiger partial charge is 0.214 e. The minimum atomic E-state index is -3.16. The molecule has 1 fully saturated rings. The number of hydrogen-bond donors (Lipinski definition) is 0. The van der Waals surface area contributed by atoms with Gasteiger partial charge in [-0.15, -0.1) is 11.6 Å². The maximum atomic E-state index is 12.2. The Balaban J connectivity index is 2.73. The lowest BCUT2D eigenvalue weighted by molar-refractivity contribution is 0.105. The fraction of sp³-hybridized carbons (Fsp3) is 1.00. The first-order valence-corrected chi connectivity index (χ1v) is 8.18. The summed E-state index contributed by atoms with van der Waals surface area (Å²) in [5.41, 5.74) is 0. The predicted molar refractivity (Wildman–Crippen MR) is 71.9 cm³/mol. The molecule has 3 unspecified atom stereocenters. The highest BCUT2D eigenvalue weighted by molar-refractivity contribution is 7.89. The SMILES string of the molecule is CC(CCl)CS(=O)(=O)N1CC(C)N(C)C(C)C1. The number of alkyl halides is 1. The van der Waals surface area contributed by atoms with Crippen molar-refractivity contribution in [2.45, 2.75) is 32.9 Å². The summed E-state index contributed by atoms with van der Waals surface area (Å²) in [5, 5.41) is 0. The maximum absolute atomic E-state index is 12.2. The molecule has 0 N–H and O–H groups in total. The van der Waals surface area contributed by atoms with Gasteiger partial charge in [0.05, 0.1) is 5.75 Å². The van der Waals surface area contributed by atoms with E-state index in [4.69, 9.17) is 11.6 Å². The second-order valence-corrected chi connectivity index (χ2v) is 7.54. The van der Waals surface area contributed by atoms with E-state index in [1.807, 2.05) is 14.0 Å². The van der Waals surface area contributed by atoms with Crippen molar-refractivity contribution in [3.63, 3.8) is 0 Å². The van der Waals surface area contributed by atoms with Gasteiger partial charge in [0.15, 0.2) is 0 Å². The number of piperazine rings is 1. The molecule has 17 heavy (non-hydrogen) atoms.